The highest BCUT2D eigenvalue weighted by Crippen LogP contribution is 2.50. The molecule has 3 atom stereocenters. The van der Waals surface area contributed by atoms with Gasteiger partial charge < -0.3 is 4.74 Å². The second-order valence-corrected chi connectivity index (χ2v) is 8.42. The number of anilines is 2. The highest BCUT2D eigenvalue weighted by molar-refractivity contribution is 9.10. The summed E-state index contributed by atoms with van der Waals surface area (Å²) in [5.41, 5.74) is 1.29. The fourth-order valence-electron chi connectivity index (χ4n) is 4.34. The normalized spacial score (nSPS) is 22.4. The van der Waals surface area contributed by atoms with Gasteiger partial charge in [-0.05, 0) is 42.5 Å². The molecule has 2 amide bonds. The number of halogens is 2. The van der Waals surface area contributed by atoms with Crippen molar-refractivity contribution in [3.8, 4) is 5.75 Å². The highest BCUT2D eigenvalue weighted by atomic mass is 79.9. The van der Waals surface area contributed by atoms with E-state index in [2.05, 4.69) is 15.9 Å². The monoisotopic (exact) mass is 496 g/mol. The van der Waals surface area contributed by atoms with Crippen molar-refractivity contribution in [1.82, 2.24) is 0 Å². The second kappa shape index (κ2) is 8.03. The molecule has 0 aromatic heterocycles. The summed E-state index contributed by atoms with van der Waals surface area (Å²) in [6, 6.07) is 19.7. The molecule has 0 radical (unpaired) electrons. The molecule has 2 aliphatic rings. The summed E-state index contributed by atoms with van der Waals surface area (Å²) in [4.78, 5) is 33.8. The van der Waals surface area contributed by atoms with Crippen LogP contribution in [0.1, 0.15) is 11.6 Å². The number of rotatable bonds is 4. The number of hydrogen-bond acceptors (Lipinski definition) is 5. The molecule has 2 fully saturated rings. The minimum absolute atomic E-state index is 0.0771. The zero-order valence-corrected chi connectivity index (χ0v) is 18.5. The van der Waals surface area contributed by atoms with Crippen LogP contribution in [0.5, 0.6) is 5.75 Å². The molecule has 0 aliphatic carbocycles. The number of nitrogens with zero attached hydrogens (tertiary/aromatic N) is 2. The van der Waals surface area contributed by atoms with Crippen molar-refractivity contribution in [1.29, 1.82) is 0 Å². The summed E-state index contributed by atoms with van der Waals surface area (Å²) in [5.74, 6) is -2.10. The fourth-order valence-corrected chi connectivity index (χ4v) is 4.71. The zero-order chi connectivity index (χ0) is 22.4. The molecule has 0 unspecified atom stereocenters. The van der Waals surface area contributed by atoms with E-state index in [0.717, 1.165) is 9.37 Å². The van der Waals surface area contributed by atoms with Crippen LogP contribution in [0.3, 0.4) is 0 Å². The number of carbonyl (C=O) groups is 2. The highest BCUT2D eigenvalue weighted by Gasteiger charge is 2.61. The molecule has 162 valence electrons. The van der Waals surface area contributed by atoms with Gasteiger partial charge in [-0.3, -0.25) is 14.4 Å². The molecule has 32 heavy (non-hydrogen) atoms. The lowest BCUT2D eigenvalue weighted by atomic mass is 9.90. The van der Waals surface area contributed by atoms with Crippen LogP contribution >= 0.6 is 15.9 Å². The molecular weight excluding hydrogens is 479 g/mol. The molecule has 0 bridgehead atoms. The number of amides is 2. The topological polar surface area (TPSA) is 59.1 Å². The number of methoxy groups -OCH3 is 1. The van der Waals surface area contributed by atoms with Gasteiger partial charge in [0, 0.05) is 10.0 Å². The maximum atomic E-state index is 14.5. The molecule has 2 saturated heterocycles. The van der Waals surface area contributed by atoms with Crippen molar-refractivity contribution >= 4 is 39.1 Å². The van der Waals surface area contributed by atoms with Crippen molar-refractivity contribution in [3.63, 3.8) is 0 Å². The van der Waals surface area contributed by atoms with Crippen LogP contribution in [0.15, 0.2) is 77.3 Å². The van der Waals surface area contributed by atoms with E-state index in [1.807, 2.05) is 42.5 Å². The first-order chi connectivity index (χ1) is 15.5. The Balaban J connectivity index is 1.65. The summed E-state index contributed by atoms with van der Waals surface area (Å²) < 4.78 is 20.8. The predicted octanol–water partition coefficient (Wildman–Crippen LogP) is 4.65. The van der Waals surface area contributed by atoms with E-state index in [1.54, 1.807) is 24.3 Å². The van der Waals surface area contributed by atoms with Gasteiger partial charge >= 0.3 is 0 Å². The van der Waals surface area contributed by atoms with Crippen molar-refractivity contribution in [2.45, 2.75) is 12.1 Å². The second-order valence-electron chi connectivity index (χ2n) is 7.51. The van der Waals surface area contributed by atoms with E-state index >= 15 is 0 Å². The number of carbonyl (C=O) groups excluding carboxylic acids is 2. The number of fused-ring (bicyclic) bond motifs is 1. The number of ether oxygens (including phenoxy) is 1. The Bertz CT molecular complexity index is 1210. The first-order valence-corrected chi connectivity index (χ1v) is 10.8. The molecule has 6 nitrogen and oxygen atoms in total. The number of imide groups is 1. The van der Waals surface area contributed by atoms with Crippen molar-refractivity contribution in [2.75, 3.05) is 17.1 Å². The first-order valence-electron chi connectivity index (χ1n) is 9.98. The van der Waals surface area contributed by atoms with E-state index in [0.29, 0.717) is 17.0 Å². The Labute approximate surface area is 192 Å². The maximum absolute atomic E-state index is 14.5. The van der Waals surface area contributed by atoms with Crippen molar-refractivity contribution < 1.29 is 23.6 Å². The van der Waals surface area contributed by atoms with Crippen LogP contribution in [-0.4, -0.2) is 25.0 Å². The van der Waals surface area contributed by atoms with E-state index in [-0.39, 0.29) is 5.69 Å². The molecule has 5 rings (SSSR count). The quantitative estimate of drug-likeness (QED) is 0.492. The Hall–Kier alpha value is -3.23. The number of benzene rings is 3. The molecule has 0 spiro atoms. The minimum Gasteiger partial charge on any atom is -0.496 e. The van der Waals surface area contributed by atoms with Gasteiger partial charge in [0.1, 0.15) is 17.5 Å². The molecule has 3 aromatic carbocycles. The molecule has 2 heterocycles. The van der Waals surface area contributed by atoms with Crippen LogP contribution in [0, 0.1) is 11.7 Å². The lowest BCUT2D eigenvalue weighted by Gasteiger charge is -2.29. The SMILES string of the molecule is COc1ccc(Br)cc1[C@H]1[C@@H]2C(=O)N(c3ccccc3F)C(=O)[C@H]2ON1c1ccccc1. The smallest absolute Gasteiger partial charge is 0.266 e. The lowest BCUT2D eigenvalue weighted by Crippen LogP contribution is -2.38. The van der Waals surface area contributed by atoms with E-state index in [1.165, 1.54) is 18.2 Å². The lowest BCUT2D eigenvalue weighted by molar-refractivity contribution is -0.126. The largest absolute Gasteiger partial charge is 0.496 e. The van der Waals surface area contributed by atoms with Crippen molar-refractivity contribution in [2.24, 2.45) is 5.92 Å². The average molecular weight is 497 g/mol. The van der Waals surface area contributed by atoms with Crippen LogP contribution in [0.25, 0.3) is 0 Å². The third-order valence-corrected chi connectivity index (χ3v) is 6.22. The average Bonchev–Trinajstić information content (AvgIpc) is 3.31. The molecule has 0 saturated carbocycles. The van der Waals surface area contributed by atoms with E-state index in [9.17, 15) is 14.0 Å². The Morgan fingerprint density at radius 1 is 0.969 bits per heavy atom. The molecule has 3 aromatic rings. The summed E-state index contributed by atoms with van der Waals surface area (Å²) in [6.45, 7) is 0. The Morgan fingerprint density at radius 3 is 2.41 bits per heavy atom. The van der Waals surface area contributed by atoms with Gasteiger partial charge in [-0.15, -0.1) is 0 Å². The van der Waals surface area contributed by atoms with Crippen LogP contribution < -0.4 is 14.7 Å². The first kappa shape index (κ1) is 20.7. The molecular formula is C24H18BrFN2O4. The third-order valence-electron chi connectivity index (χ3n) is 5.73. The molecule has 0 N–H and O–H groups in total. The van der Waals surface area contributed by atoms with Gasteiger partial charge in [0.05, 0.1) is 24.5 Å². The summed E-state index contributed by atoms with van der Waals surface area (Å²) in [6.07, 6.45) is -1.09. The third kappa shape index (κ3) is 3.18. The standard InChI is InChI=1S/C24H18BrFN2O4/c1-31-19-12-11-14(25)13-16(19)21-20-22(32-28(21)15-7-3-2-4-8-15)24(30)27(23(20)29)18-10-6-5-9-17(18)26/h2-13,20-22H,1H3/t20-,21-,22-/m0/s1. The summed E-state index contributed by atoms with van der Waals surface area (Å²) in [7, 11) is 1.54. The van der Waals surface area contributed by atoms with Crippen molar-refractivity contribution in [3.05, 3.63) is 88.6 Å². The maximum Gasteiger partial charge on any atom is 0.266 e. The number of hydroxylamine groups is 1. The molecule has 2 aliphatic heterocycles. The van der Waals surface area contributed by atoms with Crippen LogP contribution in [0.4, 0.5) is 15.8 Å². The van der Waals surface area contributed by atoms with Crippen LogP contribution in [-0.2, 0) is 14.4 Å². The van der Waals surface area contributed by atoms with E-state index in [4.69, 9.17) is 9.57 Å². The van der Waals surface area contributed by atoms with Gasteiger partial charge in [-0.1, -0.05) is 46.3 Å². The zero-order valence-electron chi connectivity index (χ0n) is 16.9. The van der Waals surface area contributed by atoms with Crippen LogP contribution in [0.2, 0.25) is 0 Å². The predicted molar refractivity (Wildman–Crippen MR) is 120 cm³/mol. The number of para-hydroxylation sites is 2. The summed E-state index contributed by atoms with van der Waals surface area (Å²) >= 11 is 3.48. The van der Waals surface area contributed by atoms with Gasteiger partial charge in [0.2, 0.25) is 5.91 Å². The van der Waals surface area contributed by atoms with E-state index < -0.39 is 35.7 Å². The minimum atomic E-state index is -1.09. The van der Waals surface area contributed by atoms with Gasteiger partial charge in [-0.25, -0.2) is 14.4 Å². The Morgan fingerprint density at radius 2 is 1.69 bits per heavy atom. The van der Waals surface area contributed by atoms with Gasteiger partial charge in [0.15, 0.2) is 6.10 Å². The summed E-state index contributed by atoms with van der Waals surface area (Å²) in [5, 5.41) is 1.58. The van der Waals surface area contributed by atoms with Gasteiger partial charge in [0.25, 0.3) is 5.91 Å². The number of hydrogen-bond donors (Lipinski definition) is 0. The Kier molecular flexibility index (Phi) is 5.19. The fraction of sp³-hybridized carbons (Fsp3) is 0.167. The molecule has 8 heteroatoms. The van der Waals surface area contributed by atoms with Gasteiger partial charge in [-0.2, -0.15) is 0 Å².